The fraction of sp³-hybridized carbons (Fsp3) is 0.238. The Labute approximate surface area is 166 Å². The summed E-state index contributed by atoms with van der Waals surface area (Å²) >= 11 is 0. The van der Waals surface area contributed by atoms with Gasteiger partial charge in [0.25, 0.3) is 5.69 Å². The Bertz CT molecular complexity index is 1050. The van der Waals surface area contributed by atoms with Crippen LogP contribution in [0.4, 0.5) is 5.69 Å². The number of ether oxygens (including phenoxy) is 2. The number of fused-ring (bicyclic) bond motifs is 1. The molecular formula is C21H19N3O5. The van der Waals surface area contributed by atoms with Crippen LogP contribution in [-0.2, 0) is 11.3 Å². The van der Waals surface area contributed by atoms with E-state index in [1.54, 1.807) is 12.3 Å². The van der Waals surface area contributed by atoms with Gasteiger partial charge in [0.1, 0.15) is 5.52 Å². The van der Waals surface area contributed by atoms with Crippen molar-refractivity contribution in [1.29, 1.82) is 0 Å². The Balaban J connectivity index is 1.58. The second kappa shape index (κ2) is 8.34. The fourth-order valence-corrected chi connectivity index (χ4v) is 3.30. The number of carbonyl (C=O) groups is 1. The van der Waals surface area contributed by atoms with Crippen LogP contribution in [0.1, 0.15) is 15.9 Å². The molecular weight excluding hydrogens is 374 g/mol. The lowest BCUT2D eigenvalue weighted by atomic mass is 10.1. The number of nitro benzene ring substituents is 1. The number of nitrogens with zero attached hydrogens (tertiary/aromatic N) is 3. The Morgan fingerprint density at radius 1 is 1.14 bits per heavy atom. The van der Waals surface area contributed by atoms with Crippen LogP contribution in [0.15, 0.2) is 54.7 Å². The Kier molecular flexibility index (Phi) is 5.46. The van der Waals surface area contributed by atoms with E-state index in [1.165, 1.54) is 24.3 Å². The Morgan fingerprint density at radius 2 is 1.90 bits per heavy atom. The fourth-order valence-electron chi connectivity index (χ4n) is 3.30. The van der Waals surface area contributed by atoms with Crippen LogP contribution < -0.4 is 4.74 Å². The van der Waals surface area contributed by atoms with Crippen molar-refractivity contribution >= 4 is 22.6 Å². The topological polar surface area (TPSA) is 94.8 Å². The van der Waals surface area contributed by atoms with E-state index in [4.69, 9.17) is 9.47 Å². The van der Waals surface area contributed by atoms with E-state index in [-0.39, 0.29) is 11.3 Å². The molecule has 8 heteroatoms. The van der Waals surface area contributed by atoms with E-state index in [2.05, 4.69) is 9.88 Å². The van der Waals surface area contributed by atoms with E-state index in [0.29, 0.717) is 11.3 Å². The summed E-state index contributed by atoms with van der Waals surface area (Å²) in [4.78, 5) is 29.5. The number of nitro groups is 1. The first kappa shape index (κ1) is 19.0. The number of hydrogen-bond acceptors (Lipinski definition) is 7. The molecule has 0 N–H and O–H groups in total. The van der Waals surface area contributed by atoms with E-state index in [0.717, 1.165) is 43.8 Å². The molecule has 2 aromatic carbocycles. The molecule has 0 unspecified atom stereocenters. The number of carbonyl (C=O) groups excluding carboxylic acids is 1. The van der Waals surface area contributed by atoms with Gasteiger partial charge < -0.3 is 9.47 Å². The van der Waals surface area contributed by atoms with Gasteiger partial charge in [-0.25, -0.2) is 4.79 Å². The van der Waals surface area contributed by atoms with Crippen molar-refractivity contribution in [1.82, 2.24) is 9.88 Å². The molecule has 148 valence electrons. The normalized spacial score (nSPS) is 14.6. The maximum atomic E-state index is 12.5. The van der Waals surface area contributed by atoms with Crippen molar-refractivity contribution in [2.45, 2.75) is 6.54 Å². The zero-order chi connectivity index (χ0) is 20.2. The number of non-ortho nitro benzene ring substituents is 1. The van der Waals surface area contributed by atoms with Gasteiger partial charge in [0.05, 0.1) is 23.7 Å². The number of morpholine rings is 1. The van der Waals surface area contributed by atoms with Crippen molar-refractivity contribution < 1.29 is 19.2 Å². The quantitative estimate of drug-likeness (QED) is 0.284. The van der Waals surface area contributed by atoms with Crippen molar-refractivity contribution in [3.8, 4) is 5.75 Å². The Morgan fingerprint density at radius 3 is 2.62 bits per heavy atom. The number of rotatable bonds is 5. The van der Waals surface area contributed by atoms with Crippen molar-refractivity contribution in [3.63, 3.8) is 0 Å². The Hall–Kier alpha value is -3.36. The zero-order valence-corrected chi connectivity index (χ0v) is 15.6. The molecule has 8 nitrogen and oxygen atoms in total. The van der Waals surface area contributed by atoms with E-state index in [1.807, 2.05) is 18.2 Å². The molecule has 1 aliphatic heterocycles. The van der Waals surface area contributed by atoms with Gasteiger partial charge in [-0.3, -0.25) is 20.0 Å². The van der Waals surface area contributed by atoms with E-state index in [9.17, 15) is 14.9 Å². The highest BCUT2D eigenvalue weighted by Crippen LogP contribution is 2.28. The van der Waals surface area contributed by atoms with Gasteiger partial charge in [0.2, 0.25) is 0 Å². The maximum Gasteiger partial charge on any atom is 0.343 e. The van der Waals surface area contributed by atoms with Crippen LogP contribution in [0.5, 0.6) is 5.75 Å². The summed E-state index contributed by atoms with van der Waals surface area (Å²) < 4.78 is 11.0. The lowest BCUT2D eigenvalue weighted by Gasteiger charge is -2.27. The monoisotopic (exact) mass is 393 g/mol. The number of pyridine rings is 1. The van der Waals surface area contributed by atoms with Crippen molar-refractivity contribution in [2.75, 3.05) is 26.3 Å². The predicted molar refractivity (Wildman–Crippen MR) is 106 cm³/mol. The molecule has 29 heavy (non-hydrogen) atoms. The van der Waals surface area contributed by atoms with Crippen LogP contribution in [0.2, 0.25) is 0 Å². The number of hydrogen-bond donors (Lipinski definition) is 0. The molecule has 0 amide bonds. The molecule has 0 bridgehead atoms. The lowest BCUT2D eigenvalue weighted by Crippen LogP contribution is -2.35. The molecule has 2 heterocycles. The van der Waals surface area contributed by atoms with Gasteiger partial charge in [-0.15, -0.1) is 0 Å². The molecule has 0 atom stereocenters. The SMILES string of the molecule is O=C(Oc1ccc(CN2CCOCC2)c2cccnc12)c1ccc([N+](=O)[O-])cc1. The predicted octanol–water partition coefficient (Wildman–Crippen LogP) is 3.19. The van der Waals surface area contributed by atoms with E-state index < -0.39 is 10.9 Å². The lowest BCUT2D eigenvalue weighted by molar-refractivity contribution is -0.384. The third-order valence-electron chi connectivity index (χ3n) is 4.84. The van der Waals surface area contributed by atoms with Gasteiger partial charge in [0, 0.05) is 43.4 Å². The molecule has 0 saturated carbocycles. The number of aromatic nitrogens is 1. The third-order valence-corrected chi connectivity index (χ3v) is 4.84. The van der Waals surface area contributed by atoms with Crippen molar-refractivity contribution in [2.24, 2.45) is 0 Å². The molecule has 0 aliphatic carbocycles. The van der Waals surface area contributed by atoms with Gasteiger partial charge in [-0.05, 0) is 29.8 Å². The van der Waals surface area contributed by atoms with Crippen LogP contribution in [-0.4, -0.2) is 47.1 Å². The first-order valence-electron chi connectivity index (χ1n) is 9.25. The van der Waals surface area contributed by atoms with Crippen LogP contribution in [0.3, 0.4) is 0 Å². The van der Waals surface area contributed by atoms with Crippen molar-refractivity contribution in [3.05, 3.63) is 76.0 Å². The molecule has 0 spiro atoms. The summed E-state index contributed by atoms with van der Waals surface area (Å²) in [6, 6.07) is 12.8. The van der Waals surface area contributed by atoms with Gasteiger partial charge in [-0.2, -0.15) is 0 Å². The summed E-state index contributed by atoms with van der Waals surface area (Å²) in [5.74, 6) is -0.234. The van der Waals surface area contributed by atoms with Gasteiger partial charge >= 0.3 is 5.97 Å². The molecule has 0 radical (unpaired) electrons. The summed E-state index contributed by atoms with van der Waals surface area (Å²) in [5.41, 5.74) is 1.86. The number of benzene rings is 2. The smallest absolute Gasteiger partial charge is 0.343 e. The molecule has 1 saturated heterocycles. The summed E-state index contributed by atoms with van der Waals surface area (Å²) in [5, 5.41) is 11.7. The first-order chi connectivity index (χ1) is 14.1. The second-order valence-corrected chi connectivity index (χ2v) is 6.70. The first-order valence-corrected chi connectivity index (χ1v) is 9.25. The zero-order valence-electron chi connectivity index (χ0n) is 15.6. The highest BCUT2D eigenvalue weighted by atomic mass is 16.6. The highest BCUT2D eigenvalue weighted by molar-refractivity contribution is 5.95. The van der Waals surface area contributed by atoms with E-state index >= 15 is 0 Å². The minimum absolute atomic E-state index is 0.0823. The standard InChI is InChI=1S/C21H19N3O5/c25-21(15-3-6-17(7-4-15)24(26)27)29-19-8-5-16(14-23-10-12-28-13-11-23)18-2-1-9-22-20(18)19/h1-9H,10-14H2. The van der Waals surface area contributed by atoms with Crippen LogP contribution in [0.25, 0.3) is 10.9 Å². The molecule has 4 rings (SSSR count). The average Bonchev–Trinajstić information content (AvgIpc) is 2.76. The largest absolute Gasteiger partial charge is 0.421 e. The molecule has 1 aromatic heterocycles. The summed E-state index contributed by atoms with van der Waals surface area (Å²) in [6.07, 6.45) is 1.66. The number of esters is 1. The highest BCUT2D eigenvalue weighted by Gasteiger charge is 2.17. The summed E-state index contributed by atoms with van der Waals surface area (Å²) in [7, 11) is 0. The average molecular weight is 393 g/mol. The maximum absolute atomic E-state index is 12.5. The second-order valence-electron chi connectivity index (χ2n) is 6.70. The third kappa shape index (κ3) is 4.23. The minimum Gasteiger partial charge on any atom is -0.421 e. The van der Waals surface area contributed by atoms with Gasteiger partial charge in [-0.1, -0.05) is 12.1 Å². The minimum atomic E-state index is -0.590. The van der Waals surface area contributed by atoms with Crippen LogP contribution >= 0.6 is 0 Å². The molecule has 3 aromatic rings. The van der Waals surface area contributed by atoms with Gasteiger partial charge in [0.15, 0.2) is 5.75 Å². The molecule has 1 fully saturated rings. The molecule has 1 aliphatic rings. The summed E-state index contributed by atoms with van der Waals surface area (Å²) in [6.45, 7) is 3.96. The van der Waals surface area contributed by atoms with Crippen LogP contribution in [0, 0.1) is 10.1 Å².